The number of carbonyl (C=O) groups excluding carboxylic acids is 1. The van der Waals surface area contributed by atoms with E-state index in [0.717, 1.165) is 0 Å². The molecule has 2 N–H and O–H groups in total. The van der Waals surface area contributed by atoms with E-state index in [9.17, 15) is 4.79 Å². The van der Waals surface area contributed by atoms with Gasteiger partial charge in [0.1, 0.15) is 16.8 Å². The Balaban J connectivity index is 2.49. The van der Waals surface area contributed by atoms with Crippen molar-refractivity contribution in [2.24, 2.45) is 5.73 Å². The fourth-order valence-corrected chi connectivity index (χ4v) is 1.70. The molecule has 7 nitrogen and oxygen atoms in total. The lowest BCUT2D eigenvalue weighted by atomic mass is 10.2. The third-order valence-electron chi connectivity index (χ3n) is 2.51. The van der Waals surface area contributed by atoms with Gasteiger partial charge in [-0.15, -0.1) is 0 Å². The number of aromatic nitrogens is 4. The molecule has 8 heteroatoms. The summed E-state index contributed by atoms with van der Waals surface area (Å²) < 4.78 is 6.67. The Morgan fingerprint density at radius 1 is 1.61 bits per heavy atom. The van der Waals surface area contributed by atoms with Crippen LogP contribution in [0.4, 0.5) is 0 Å². The predicted octanol–water partition coefficient (Wildman–Crippen LogP) is 0.405. The summed E-state index contributed by atoms with van der Waals surface area (Å²) in [6, 6.07) is -0.631. The second kappa shape index (κ2) is 4.87. The number of ether oxygens (including phenoxy) is 1. The molecule has 1 unspecified atom stereocenters. The molecule has 96 valence electrons. The maximum atomic E-state index is 11.2. The van der Waals surface area contributed by atoms with Gasteiger partial charge < -0.3 is 10.5 Å². The molecule has 0 aliphatic heterocycles. The van der Waals surface area contributed by atoms with Gasteiger partial charge in [-0.05, 0) is 18.5 Å². The largest absolute Gasteiger partial charge is 0.479 e. The number of methoxy groups -OCH3 is 1. The number of nitrogens with two attached hydrogens (primary N) is 1. The standard InChI is InChI=1S/C10H12ClN5O2/c1-5(17)6(12)4-16-8-7(3-13-16)14-10(11)15-9(8)18-2/h3,6H,4,12H2,1-2H3. The van der Waals surface area contributed by atoms with Gasteiger partial charge in [0.25, 0.3) is 0 Å². The lowest BCUT2D eigenvalue weighted by molar-refractivity contribution is -0.118. The van der Waals surface area contributed by atoms with Gasteiger partial charge in [-0.2, -0.15) is 10.1 Å². The van der Waals surface area contributed by atoms with Crippen molar-refractivity contribution in [3.05, 3.63) is 11.5 Å². The average molecular weight is 270 g/mol. The van der Waals surface area contributed by atoms with Crippen LogP contribution in [0, 0.1) is 0 Å². The quantitative estimate of drug-likeness (QED) is 0.808. The highest BCUT2D eigenvalue weighted by atomic mass is 35.5. The summed E-state index contributed by atoms with van der Waals surface area (Å²) in [6.45, 7) is 1.67. The molecule has 2 aromatic heterocycles. The van der Waals surface area contributed by atoms with E-state index in [1.165, 1.54) is 24.9 Å². The van der Waals surface area contributed by atoms with Gasteiger partial charge in [-0.1, -0.05) is 0 Å². The lowest BCUT2D eigenvalue weighted by Gasteiger charge is -2.10. The number of hydrogen-bond donors (Lipinski definition) is 1. The molecule has 0 aliphatic rings. The van der Waals surface area contributed by atoms with Gasteiger partial charge in [-0.25, -0.2) is 4.98 Å². The second-order valence-corrected chi connectivity index (χ2v) is 4.12. The predicted molar refractivity (Wildman–Crippen MR) is 65.5 cm³/mol. The molecular formula is C10H12ClN5O2. The minimum atomic E-state index is -0.631. The molecule has 0 bridgehead atoms. The first-order chi connectivity index (χ1) is 8.52. The average Bonchev–Trinajstić information content (AvgIpc) is 2.71. The monoisotopic (exact) mass is 269 g/mol. The van der Waals surface area contributed by atoms with E-state index in [1.54, 1.807) is 0 Å². The molecule has 2 aromatic rings. The summed E-state index contributed by atoms with van der Waals surface area (Å²) in [6.07, 6.45) is 1.53. The smallest absolute Gasteiger partial charge is 0.244 e. The summed E-state index contributed by atoms with van der Waals surface area (Å²) in [5.41, 5.74) is 6.81. The number of fused-ring (bicyclic) bond motifs is 1. The highest BCUT2D eigenvalue weighted by Crippen LogP contribution is 2.23. The Morgan fingerprint density at radius 3 is 2.94 bits per heavy atom. The Kier molecular flexibility index (Phi) is 3.44. The van der Waals surface area contributed by atoms with Crippen LogP contribution in [0.25, 0.3) is 11.0 Å². The van der Waals surface area contributed by atoms with Crippen molar-refractivity contribution in [2.75, 3.05) is 7.11 Å². The van der Waals surface area contributed by atoms with Crippen LogP contribution in [-0.2, 0) is 11.3 Å². The van der Waals surface area contributed by atoms with Crippen LogP contribution in [0.2, 0.25) is 5.28 Å². The fourth-order valence-electron chi connectivity index (χ4n) is 1.53. The maximum Gasteiger partial charge on any atom is 0.244 e. The van der Waals surface area contributed by atoms with Gasteiger partial charge in [-0.3, -0.25) is 9.48 Å². The van der Waals surface area contributed by atoms with Crippen molar-refractivity contribution in [2.45, 2.75) is 19.5 Å². The van der Waals surface area contributed by atoms with Gasteiger partial charge >= 0.3 is 0 Å². The van der Waals surface area contributed by atoms with Crippen molar-refractivity contribution in [3.8, 4) is 5.88 Å². The number of carbonyl (C=O) groups is 1. The highest BCUT2D eigenvalue weighted by molar-refractivity contribution is 6.28. The number of rotatable bonds is 4. The molecule has 0 aromatic carbocycles. The van der Waals surface area contributed by atoms with Crippen molar-refractivity contribution < 1.29 is 9.53 Å². The summed E-state index contributed by atoms with van der Waals surface area (Å²) in [7, 11) is 1.47. The highest BCUT2D eigenvalue weighted by Gasteiger charge is 2.16. The molecule has 2 heterocycles. The Labute approximate surface area is 108 Å². The number of hydrogen-bond acceptors (Lipinski definition) is 6. The summed E-state index contributed by atoms with van der Waals surface area (Å²) >= 11 is 5.75. The molecule has 0 spiro atoms. The van der Waals surface area contributed by atoms with Gasteiger partial charge in [0.15, 0.2) is 0 Å². The normalized spacial score (nSPS) is 12.7. The third-order valence-corrected chi connectivity index (χ3v) is 2.68. The van der Waals surface area contributed by atoms with Crippen LogP contribution < -0.4 is 10.5 Å². The molecule has 0 amide bonds. The van der Waals surface area contributed by atoms with E-state index in [2.05, 4.69) is 15.1 Å². The second-order valence-electron chi connectivity index (χ2n) is 3.78. The number of Topliss-reactive ketones (excluding diaryl/α,β-unsaturated/α-hetero) is 1. The topological polar surface area (TPSA) is 95.9 Å². The molecule has 0 saturated carbocycles. The van der Waals surface area contributed by atoms with Crippen LogP contribution in [0.1, 0.15) is 6.92 Å². The third kappa shape index (κ3) is 2.27. The van der Waals surface area contributed by atoms with Crippen LogP contribution in [0.5, 0.6) is 5.88 Å². The van der Waals surface area contributed by atoms with E-state index in [1.807, 2.05) is 0 Å². The van der Waals surface area contributed by atoms with Crippen molar-refractivity contribution in [3.63, 3.8) is 0 Å². The molecule has 18 heavy (non-hydrogen) atoms. The zero-order chi connectivity index (χ0) is 13.3. The SMILES string of the molecule is COc1nc(Cl)nc2cnn(CC(N)C(C)=O)c12. The molecule has 2 rings (SSSR count). The fraction of sp³-hybridized carbons (Fsp3) is 0.400. The number of ketones is 1. The number of halogens is 1. The maximum absolute atomic E-state index is 11.2. The van der Waals surface area contributed by atoms with Crippen molar-refractivity contribution in [1.29, 1.82) is 0 Å². The van der Waals surface area contributed by atoms with Crippen LogP contribution >= 0.6 is 11.6 Å². The Morgan fingerprint density at radius 2 is 2.33 bits per heavy atom. The summed E-state index contributed by atoms with van der Waals surface area (Å²) in [4.78, 5) is 19.1. The minimum absolute atomic E-state index is 0.0785. The Bertz CT molecular complexity index is 597. The van der Waals surface area contributed by atoms with Crippen molar-refractivity contribution >= 4 is 28.4 Å². The number of nitrogens with zero attached hydrogens (tertiary/aromatic N) is 4. The molecule has 1 atom stereocenters. The first-order valence-electron chi connectivity index (χ1n) is 5.22. The Hall–Kier alpha value is -1.73. The minimum Gasteiger partial charge on any atom is -0.479 e. The van der Waals surface area contributed by atoms with Gasteiger partial charge in [0.2, 0.25) is 11.2 Å². The van der Waals surface area contributed by atoms with E-state index >= 15 is 0 Å². The van der Waals surface area contributed by atoms with E-state index in [4.69, 9.17) is 22.1 Å². The zero-order valence-corrected chi connectivity index (χ0v) is 10.7. The van der Waals surface area contributed by atoms with Crippen LogP contribution in [0.3, 0.4) is 0 Å². The first kappa shape index (κ1) is 12.7. The van der Waals surface area contributed by atoms with Gasteiger partial charge in [0.05, 0.1) is 25.9 Å². The van der Waals surface area contributed by atoms with Crippen LogP contribution in [0.15, 0.2) is 6.20 Å². The molecule has 0 aliphatic carbocycles. The molecule has 0 radical (unpaired) electrons. The van der Waals surface area contributed by atoms with E-state index < -0.39 is 6.04 Å². The zero-order valence-electron chi connectivity index (χ0n) is 9.92. The summed E-state index contributed by atoms with van der Waals surface area (Å²) in [5.74, 6) is 0.186. The molecule has 0 fully saturated rings. The summed E-state index contributed by atoms with van der Waals surface area (Å²) in [5, 5.41) is 4.19. The molecular weight excluding hydrogens is 258 g/mol. The van der Waals surface area contributed by atoms with Gasteiger partial charge in [0, 0.05) is 0 Å². The van der Waals surface area contributed by atoms with E-state index in [-0.39, 0.29) is 17.6 Å². The molecule has 0 saturated heterocycles. The van der Waals surface area contributed by atoms with Crippen LogP contribution in [-0.4, -0.2) is 38.7 Å². The first-order valence-corrected chi connectivity index (χ1v) is 5.59. The van der Waals surface area contributed by atoms with Crippen molar-refractivity contribution in [1.82, 2.24) is 19.7 Å². The lowest BCUT2D eigenvalue weighted by Crippen LogP contribution is -2.33. The van der Waals surface area contributed by atoms with E-state index in [0.29, 0.717) is 16.9 Å².